The van der Waals surface area contributed by atoms with Crippen LogP contribution in [0, 0.1) is 0 Å². The van der Waals surface area contributed by atoms with Gasteiger partial charge in [0, 0.05) is 11.6 Å². The third-order valence-electron chi connectivity index (χ3n) is 4.62. The van der Waals surface area contributed by atoms with Crippen LogP contribution in [0.1, 0.15) is 21.8 Å². The average molecular weight is 599 g/mol. The van der Waals surface area contributed by atoms with E-state index in [1.807, 2.05) is 29.6 Å². The van der Waals surface area contributed by atoms with Gasteiger partial charge in [-0.25, -0.2) is 4.98 Å². The summed E-state index contributed by atoms with van der Waals surface area (Å²) in [6.45, 7) is 2.01. The number of alkyl halides is 3. The van der Waals surface area contributed by atoms with E-state index in [1.165, 1.54) is 23.5 Å². The van der Waals surface area contributed by atoms with Crippen LogP contribution in [0.15, 0.2) is 66.3 Å². The van der Waals surface area contributed by atoms with Crippen LogP contribution in [-0.4, -0.2) is 52.2 Å². The molecule has 0 saturated heterocycles. The van der Waals surface area contributed by atoms with E-state index in [2.05, 4.69) is 20.0 Å². The number of hydrogen-bond donors (Lipinski definition) is 1. The van der Waals surface area contributed by atoms with Crippen molar-refractivity contribution in [3.05, 3.63) is 88.1 Å². The highest BCUT2D eigenvalue weighted by Gasteiger charge is 2.30. The second-order valence-electron chi connectivity index (χ2n) is 8.01. The van der Waals surface area contributed by atoms with Crippen molar-refractivity contribution in [3.63, 3.8) is 0 Å². The topological polar surface area (TPSA) is 126 Å². The Kier molecular flexibility index (Phi) is 11.2. The number of aromatic nitrogens is 4. The van der Waals surface area contributed by atoms with Crippen molar-refractivity contribution >= 4 is 33.6 Å². The van der Waals surface area contributed by atoms with E-state index in [4.69, 9.17) is 14.0 Å². The fraction of sp³-hybridized carbons (Fsp3) is 0.240. The minimum Gasteiger partial charge on any atom is -0.487 e. The molecule has 0 unspecified atom stereocenters. The van der Waals surface area contributed by atoms with Crippen molar-refractivity contribution in [1.82, 2.24) is 20.0 Å². The fourth-order valence-corrected chi connectivity index (χ4v) is 3.65. The number of halogens is 3. The van der Waals surface area contributed by atoms with Crippen LogP contribution in [0.5, 0.6) is 11.5 Å². The lowest BCUT2D eigenvalue weighted by molar-refractivity contribution is -0.274. The third-order valence-corrected chi connectivity index (χ3v) is 5.48. The molecule has 0 saturated carbocycles. The first kappa shape index (κ1) is 30.7. The Bertz CT molecular complexity index is 1430. The quantitative estimate of drug-likeness (QED) is 0.185. The minimum atomic E-state index is -4.70. The molecule has 40 heavy (non-hydrogen) atoms. The molecule has 0 aliphatic rings. The second-order valence-corrected chi connectivity index (χ2v) is 10.4. The van der Waals surface area contributed by atoms with Crippen LogP contribution >= 0.6 is 11.3 Å². The maximum Gasteiger partial charge on any atom is 0.573 e. The molecule has 0 aliphatic carbocycles. The number of benzene rings is 2. The molecule has 4 rings (SSSR count). The standard InChI is InChI=1S/C24H21F3N4O3S.CH4O3S/c25-24(26,27)34-22-8-1-18(2-9-22)5-10-23-29-20(17-35-23)16-33-21-6-3-19(4-7-21)15-32-14-13-31-12-11-28-30-31;1-5(2,3)4/h1-12,17H,13-16H2;1H3,(H,2,3,4). The van der Waals surface area contributed by atoms with Crippen molar-refractivity contribution in [2.45, 2.75) is 26.1 Å². The van der Waals surface area contributed by atoms with Gasteiger partial charge in [-0.2, -0.15) is 8.42 Å². The summed E-state index contributed by atoms with van der Waals surface area (Å²) in [5, 5.41) is 10.3. The largest absolute Gasteiger partial charge is 0.573 e. The first-order valence-corrected chi connectivity index (χ1v) is 14.2. The summed E-state index contributed by atoms with van der Waals surface area (Å²) >= 11 is 1.45. The van der Waals surface area contributed by atoms with E-state index in [-0.39, 0.29) is 5.75 Å². The van der Waals surface area contributed by atoms with Crippen LogP contribution in [0.4, 0.5) is 13.2 Å². The summed E-state index contributed by atoms with van der Waals surface area (Å²) < 4.78 is 79.6. The van der Waals surface area contributed by atoms with Gasteiger partial charge < -0.3 is 14.2 Å². The molecule has 15 heteroatoms. The molecule has 0 amide bonds. The van der Waals surface area contributed by atoms with Crippen LogP contribution in [0.3, 0.4) is 0 Å². The molecule has 2 aromatic heterocycles. The van der Waals surface area contributed by atoms with E-state index in [0.29, 0.717) is 32.6 Å². The Labute approximate surface area is 232 Å². The van der Waals surface area contributed by atoms with E-state index < -0.39 is 16.5 Å². The van der Waals surface area contributed by atoms with Gasteiger partial charge in [-0.1, -0.05) is 35.6 Å². The summed E-state index contributed by atoms with van der Waals surface area (Å²) in [6.07, 6.45) is 3.00. The molecule has 0 radical (unpaired) electrons. The van der Waals surface area contributed by atoms with Gasteiger partial charge in [-0.05, 0) is 41.5 Å². The summed E-state index contributed by atoms with van der Waals surface area (Å²) in [6, 6.07) is 13.3. The van der Waals surface area contributed by atoms with Gasteiger partial charge in [0.1, 0.15) is 23.1 Å². The van der Waals surface area contributed by atoms with E-state index in [0.717, 1.165) is 27.6 Å². The molecule has 0 aliphatic heterocycles. The molecule has 2 aromatic carbocycles. The van der Waals surface area contributed by atoms with Crippen molar-refractivity contribution in [3.8, 4) is 11.5 Å². The Balaban J connectivity index is 0.000000810. The Hall–Kier alpha value is -3.79. The normalized spacial score (nSPS) is 11.7. The van der Waals surface area contributed by atoms with E-state index >= 15 is 0 Å². The van der Waals surface area contributed by atoms with Gasteiger partial charge in [0.2, 0.25) is 0 Å². The second kappa shape index (κ2) is 14.6. The van der Waals surface area contributed by atoms with E-state index in [1.54, 1.807) is 41.4 Å². The lowest BCUT2D eigenvalue weighted by atomic mass is 10.2. The highest BCUT2D eigenvalue weighted by atomic mass is 32.2. The van der Waals surface area contributed by atoms with Gasteiger partial charge >= 0.3 is 6.36 Å². The fourth-order valence-electron chi connectivity index (χ4n) is 2.95. The number of nitrogens with zero attached hydrogens (tertiary/aromatic N) is 4. The Morgan fingerprint density at radius 2 is 1.70 bits per heavy atom. The molecule has 10 nitrogen and oxygen atoms in total. The molecule has 0 bridgehead atoms. The molecule has 214 valence electrons. The van der Waals surface area contributed by atoms with Gasteiger partial charge in [-0.15, -0.1) is 29.6 Å². The van der Waals surface area contributed by atoms with Gasteiger partial charge in [0.05, 0.1) is 37.9 Å². The van der Waals surface area contributed by atoms with Crippen LogP contribution in [0.2, 0.25) is 0 Å². The predicted octanol–water partition coefficient (Wildman–Crippen LogP) is 5.10. The molecule has 1 N–H and O–H groups in total. The van der Waals surface area contributed by atoms with Gasteiger partial charge in [-0.3, -0.25) is 9.23 Å². The highest BCUT2D eigenvalue weighted by molar-refractivity contribution is 7.85. The molecule has 0 fully saturated rings. The SMILES string of the molecule is CS(=O)(=O)O.FC(F)(F)Oc1ccc(C=Cc2nc(COc3ccc(COCCn4ccnn4)cc3)cs2)cc1. The maximum absolute atomic E-state index is 12.2. The summed E-state index contributed by atoms with van der Waals surface area (Å²) in [4.78, 5) is 4.50. The number of hydrogen-bond acceptors (Lipinski definition) is 9. The third kappa shape index (κ3) is 12.8. The van der Waals surface area contributed by atoms with Crippen LogP contribution in [0.25, 0.3) is 12.2 Å². The van der Waals surface area contributed by atoms with E-state index in [9.17, 15) is 21.6 Å². The van der Waals surface area contributed by atoms with Gasteiger partial charge in [0.25, 0.3) is 10.1 Å². The van der Waals surface area contributed by atoms with Crippen molar-refractivity contribution < 1.29 is 40.4 Å². The zero-order chi connectivity index (χ0) is 29.0. The highest BCUT2D eigenvalue weighted by Crippen LogP contribution is 2.23. The molecule has 2 heterocycles. The lowest BCUT2D eigenvalue weighted by Gasteiger charge is -2.08. The Morgan fingerprint density at radius 1 is 1.02 bits per heavy atom. The molecule has 0 atom stereocenters. The summed E-state index contributed by atoms with van der Waals surface area (Å²) in [5.74, 6) is 0.467. The molecular formula is C25H25F3N4O6S2. The maximum atomic E-state index is 12.2. The number of ether oxygens (including phenoxy) is 3. The zero-order valence-electron chi connectivity index (χ0n) is 21.1. The Morgan fingerprint density at radius 3 is 2.33 bits per heavy atom. The molecular weight excluding hydrogens is 573 g/mol. The smallest absolute Gasteiger partial charge is 0.487 e. The monoisotopic (exact) mass is 598 g/mol. The summed E-state index contributed by atoms with van der Waals surface area (Å²) in [5.41, 5.74) is 2.55. The predicted molar refractivity (Wildman–Crippen MR) is 142 cm³/mol. The van der Waals surface area contributed by atoms with Crippen molar-refractivity contribution in [1.29, 1.82) is 0 Å². The van der Waals surface area contributed by atoms with Crippen molar-refractivity contribution in [2.24, 2.45) is 0 Å². The first-order chi connectivity index (χ1) is 18.9. The first-order valence-electron chi connectivity index (χ1n) is 11.5. The molecule has 4 aromatic rings. The number of thiazole rings is 1. The zero-order valence-corrected chi connectivity index (χ0v) is 22.7. The van der Waals surface area contributed by atoms with Crippen molar-refractivity contribution in [2.75, 3.05) is 12.9 Å². The lowest BCUT2D eigenvalue weighted by Crippen LogP contribution is -2.16. The van der Waals surface area contributed by atoms with Crippen LogP contribution in [-0.2, 0) is 34.6 Å². The average Bonchev–Trinajstić information content (AvgIpc) is 3.56. The molecule has 0 spiro atoms. The minimum absolute atomic E-state index is 0.257. The van der Waals surface area contributed by atoms with Gasteiger partial charge in [0.15, 0.2) is 0 Å². The summed E-state index contributed by atoms with van der Waals surface area (Å²) in [7, 11) is -3.67. The van der Waals surface area contributed by atoms with Crippen LogP contribution < -0.4 is 9.47 Å². The number of rotatable bonds is 11.